The molecule has 6 heteroatoms. The first-order valence-electron chi connectivity index (χ1n) is 5.47. The van der Waals surface area contributed by atoms with Gasteiger partial charge >= 0.3 is 0 Å². The van der Waals surface area contributed by atoms with Crippen LogP contribution in [0.5, 0.6) is 0 Å². The summed E-state index contributed by atoms with van der Waals surface area (Å²) in [5.74, 6) is -1.63. The van der Waals surface area contributed by atoms with Gasteiger partial charge in [-0.15, -0.1) is 0 Å². The van der Waals surface area contributed by atoms with Crippen LogP contribution in [0.3, 0.4) is 0 Å². The summed E-state index contributed by atoms with van der Waals surface area (Å²) < 4.78 is 0. The van der Waals surface area contributed by atoms with Crippen molar-refractivity contribution in [2.75, 3.05) is 18.0 Å². The van der Waals surface area contributed by atoms with E-state index < -0.39 is 11.7 Å². The van der Waals surface area contributed by atoms with Crippen LogP contribution in [0.2, 0.25) is 5.02 Å². The van der Waals surface area contributed by atoms with Crippen LogP contribution in [0.1, 0.15) is 17.3 Å². The number of halogens is 1. The Kier molecular flexibility index (Phi) is 3.34. The summed E-state index contributed by atoms with van der Waals surface area (Å²) in [6.07, 6.45) is 0. The van der Waals surface area contributed by atoms with Crippen molar-refractivity contribution in [3.05, 3.63) is 28.8 Å². The van der Waals surface area contributed by atoms with Crippen molar-refractivity contribution < 1.29 is 14.4 Å². The Morgan fingerprint density at radius 1 is 1.39 bits per heavy atom. The van der Waals surface area contributed by atoms with Crippen molar-refractivity contribution in [1.82, 2.24) is 5.32 Å². The zero-order chi connectivity index (χ0) is 13.3. The largest absolute Gasteiger partial charge is 0.355 e. The molecule has 0 spiro atoms. The Morgan fingerprint density at radius 3 is 2.78 bits per heavy atom. The standard InChI is InChI=1S/C12H11ClN2O3/c1-2-14-10(16)6-15-9-4-3-7(13)5-8(9)11(17)12(15)18/h3-5H,2,6H2,1H3,(H,14,16). The lowest BCUT2D eigenvalue weighted by Crippen LogP contribution is -2.40. The summed E-state index contributed by atoms with van der Waals surface area (Å²) in [7, 11) is 0. The number of fused-ring (bicyclic) bond motifs is 1. The summed E-state index contributed by atoms with van der Waals surface area (Å²) >= 11 is 5.78. The van der Waals surface area contributed by atoms with Crippen LogP contribution in [0.15, 0.2) is 18.2 Å². The minimum absolute atomic E-state index is 0.160. The maximum absolute atomic E-state index is 11.8. The van der Waals surface area contributed by atoms with Crippen LogP contribution in [-0.4, -0.2) is 30.7 Å². The second kappa shape index (κ2) is 4.78. The third kappa shape index (κ3) is 2.09. The fourth-order valence-electron chi connectivity index (χ4n) is 1.83. The number of Topliss-reactive ketones (excluding diaryl/α,β-unsaturated/α-hetero) is 1. The summed E-state index contributed by atoms with van der Waals surface area (Å²) in [6.45, 7) is 2.10. The molecule has 0 atom stereocenters. The Labute approximate surface area is 109 Å². The van der Waals surface area contributed by atoms with Crippen LogP contribution in [0.25, 0.3) is 0 Å². The van der Waals surface area contributed by atoms with Gasteiger partial charge in [0, 0.05) is 11.6 Å². The molecule has 0 bridgehead atoms. The highest BCUT2D eigenvalue weighted by Gasteiger charge is 2.36. The molecular weight excluding hydrogens is 256 g/mol. The molecule has 1 aromatic carbocycles. The van der Waals surface area contributed by atoms with E-state index in [9.17, 15) is 14.4 Å². The smallest absolute Gasteiger partial charge is 0.299 e. The van der Waals surface area contributed by atoms with Crippen molar-refractivity contribution in [1.29, 1.82) is 0 Å². The number of carbonyl (C=O) groups excluding carboxylic acids is 3. The van der Waals surface area contributed by atoms with E-state index >= 15 is 0 Å². The summed E-state index contributed by atoms with van der Waals surface area (Å²) in [6, 6.07) is 4.59. The third-order valence-corrected chi connectivity index (χ3v) is 2.84. The van der Waals surface area contributed by atoms with Gasteiger partial charge in [-0.25, -0.2) is 0 Å². The van der Waals surface area contributed by atoms with Gasteiger partial charge in [-0.05, 0) is 25.1 Å². The van der Waals surface area contributed by atoms with Crippen molar-refractivity contribution >= 4 is 34.9 Å². The van der Waals surface area contributed by atoms with Crippen LogP contribution in [0.4, 0.5) is 5.69 Å². The number of rotatable bonds is 3. The van der Waals surface area contributed by atoms with Crippen molar-refractivity contribution in [3.8, 4) is 0 Å². The van der Waals surface area contributed by atoms with E-state index in [1.54, 1.807) is 19.1 Å². The second-order valence-corrected chi connectivity index (χ2v) is 4.27. The molecule has 1 aliphatic rings. The molecule has 5 nitrogen and oxygen atoms in total. The van der Waals surface area contributed by atoms with Crippen LogP contribution < -0.4 is 10.2 Å². The lowest BCUT2D eigenvalue weighted by Gasteiger charge is -2.15. The van der Waals surface area contributed by atoms with Gasteiger partial charge < -0.3 is 5.32 Å². The predicted molar refractivity (Wildman–Crippen MR) is 66.8 cm³/mol. The van der Waals surface area contributed by atoms with Crippen LogP contribution in [0, 0.1) is 0 Å². The number of hydrogen-bond donors (Lipinski definition) is 1. The van der Waals surface area contributed by atoms with Gasteiger partial charge in [0.05, 0.1) is 11.3 Å². The number of likely N-dealkylation sites (N-methyl/N-ethyl adjacent to an activating group) is 1. The first-order chi connectivity index (χ1) is 8.54. The number of ketones is 1. The Morgan fingerprint density at radius 2 is 2.11 bits per heavy atom. The van der Waals surface area contributed by atoms with Gasteiger partial charge in [0.2, 0.25) is 5.91 Å². The molecule has 2 rings (SSSR count). The SMILES string of the molecule is CCNC(=O)CN1C(=O)C(=O)c2cc(Cl)ccc21. The van der Waals surface area contributed by atoms with Gasteiger partial charge in [-0.3, -0.25) is 19.3 Å². The van der Waals surface area contributed by atoms with Crippen molar-refractivity contribution in [3.63, 3.8) is 0 Å². The molecule has 0 saturated carbocycles. The molecule has 1 N–H and O–H groups in total. The first-order valence-corrected chi connectivity index (χ1v) is 5.85. The van der Waals surface area contributed by atoms with E-state index in [1.165, 1.54) is 11.0 Å². The number of nitrogens with zero attached hydrogens (tertiary/aromatic N) is 1. The van der Waals surface area contributed by atoms with Gasteiger partial charge in [0.25, 0.3) is 11.7 Å². The van der Waals surface area contributed by atoms with E-state index in [0.717, 1.165) is 0 Å². The fraction of sp³-hybridized carbons (Fsp3) is 0.250. The topological polar surface area (TPSA) is 66.5 Å². The highest BCUT2D eigenvalue weighted by Crippen LogP contribution is 2.30. The molecule has 1 heterocycles. The number of benzene rings is 1. The van der Waals surface area contributed by atoms with Gasteiger partial charge in [0.1, 0.15) is 6.54 Å². The predicted octanol–water partition coefficient (Wildman–Crippen LogP) is 1.01. The summed E-state index contributed by atoms with van der Waals surface area (Å²) in [5, 5.41) is 2.96. The first kappa shape index (κ1) is 12.6. The number of hydrogen-bond acceptors (Lipinski definition) is 3. The summed E-state index contributed by atoms with van der Waals surface area (Å²) in [4.78, 5) is 36.1. The molecule has 0 aromatic heterocycles. The highest BCUT2D eigenvalue weighted by molar-refractivity contribution is 6.53. The number of anilines is 1. The monoisotopic (exact) mass is 266 g/mol. The molecule has 0 unspecified atom stereocenters. The maximum Gasteiger partial charge on any atom is 0.299 e. The van der Waals surface area contributed by atoms with E-state index in [1.807, 2.05) is 0 Å². The van der Waals surface area contributed by atoms with E-state index in [-0.39, 0.29) is 18.0 Å². The molecule has 0 fully saturated rings. The molecule has 2 amide bonds. The van der Waals surface area contributed by atoms with E-state index in [2.05, 4.69) is 5.32 Å². The third-order valence-electron chi connectivity index (χ3n) is 2.61. The molecule has 1 aliphatic heterocycles. The Balaban J connectivity index is 2.31. The molecular formula is C12H11ClN2O3. The minimum Gasteiger partial charge on any atom is -0.355 e. The Bertz CT molecular complexity index is 542. The number of carbonyl (C=O) groups is 3. The van der Waals surface area contributed by atoms with Crippen molar-refractivity contribution in [2.24, 2.45) is 0 Å². The zero-order valence-electron chi connectivity index (χ0n) is 9.70. The van der Waals surface area contributed by atoms with Gasteiger partial charge in [0.15, 0.2) is 0 Å². The van der Waals surface area contributed by atoms with E-state index in [0.29, 0.717) is 17.3 Å². The van der Waals surface area contributed by atoms with Gasteiger partial charge in [-0.2, -0.15) is 0 Å². The average Bonchev–Trinajstić information content (AvgIpc) is 2.55. The molecule has 1 aromatic rings. The van der Waals surface area contributed by atoms with Crippen molar-refractivity contribution in [2.45, 2.75) is 6.92 Å². The normalized spacial score (nSPS) is 13.8. The lowest BCUT2D eigenvalue weighted by molar-refractivity contribution is -0.122. The minimum atomic E-state index is -0.696. The quantitative estimate of drug-likeness (QED) is 0.830. The van der Waals surface area contributed by atoms with Crippen LogP contribution in [-0.2, 0) is 9.59 Å². The molecule has 0 saturated heterocycles. The number of nitrogens with one attached hydrogen (secondary N) is 1. The summed E-state index contributed by atoms with van der Waals surface area (Å²) in [5.41, 5.74) is 0.678. The van der Waals surface area contributed by atoms with Gasteiger partial charge in [-0.1, -0.05) is 11.6 Å². The maximum atomic E-state index is 11.8. The molecule has 94 valence electrons. The molecule has 0 aliphatic carbocycles. The highest BCUT2D eigenvalue weighted by atomic mass is 35.5. The van der Waals surface area contributed by atoms with Crippen LogP contribution >= 0.6 is 11.6 Å². The Hall–Kier alpha value is -1.88. The van der Waals surface area contributed by atoms with E-state index in [4.69, 9.17) is 11.6 Å². The fourth-order valence-corrected chi connectivity index (χ4v) is 2.00. The molecule has 0 radical (unpaired) electrons. The second-order valence-electron chi connectivity index (χ2n) is 3.84. The molecule has 18 heavy (non-hydrogen) atoms. The lowest BCUT2D eigenvalue weighted by atomic mass is 10.1. The zero-order valence-corrected chi connectivity index (χ0v) is 10.5. The average molecular weight is 267 g/mol. The number of amides is 2.